The Morgan fingerprint density at radius 3 is 2.62 bits per heavy atom. The lowest BCUT2D eigenvalue weighted by Crippen LogP contribution is -2.21. The molecule has 0 radical (unpaired) electrons. The van der Waals surface area contributed by atoms with Crippen LogP contribution in [0.15, 0.2) is 12.1 Å². The SMILES string of the molecule is COc1cc2c(cc1[N+](=O)[O-])C(CCC(=O)CN(C)C)CC2(C)C. The van der Waals surface area contributed by atoms with E-state index in [1.165, 1.54) is 7.11 Å². The maximum atomic E-state index is 12.0. The van der Waals surface area contributed by atoms with Crippen molar-refractivity contribution in [1.29, 1.82) is 0 Å². The predicted octanol–water partition coefficient (Wildman–Crippen LogP) is 3.28. The van der Waals surface area contributed by atoms with Crippen LogP contribution in [0.3, 0.4) is 0 Å². The van der Waals surface area contributed by atoms with Gasteiger partial charge in [-0.05, 0) is 55.5 Å². The van der Waals surface area contributed by atoms with Gasteiger partial charge >= 0.3 is 5.69 Å². The van der Waals surface area contributed by atoms with Crippen LogP contribution in [0.2, 0.25) is 0 Å². The van der Waals surface area contributed by atoms with Crippen LogP contribution in [0.4, 0.5) is 5.69 Å². The number of carbonyl (C=O) groups is 1. The van der Waals surface area contributed by atoms with Gasteiger partial charge in [0.1, 0.15) is 5.78 Å². The Balaban J connectivity index is 2.29. The van der Waals surface area contributed by atoms with E-state index in [1.54, 1.807) is 12.1 Å². The minimum absolute atomic E-state index is 0.00133. The summed E-state index contributed by atoms with van der Waals surface area (Å²) in [6, 6.07) is 3.44. The van der Waals surface area contributed by atoms with Crippen LogP contribution >= 0.6 is 0 Å². The fraction of sp³-hybridized carbons (Fsp3) is 0.611. The van der Waals surface area contributed by atoms with Crippen LogP contribution in [0.1, 0.15) is 50.2 Å². The van der Waals surface area contributed by atoms with Crippen molar-refractivity contribution in [2.75, 3.05) is 27.7 Å². The molecule has 1 aromatic rings. The van der Waals surface area contributed by atoms with Crippen molar-refractivity contribution >= 4 is 11.5 Å². The topological polar surface area (TPSA) is 72.7 Å². The Labute approximate surface area is 142 Å². The molecule has 0 aromatic heterocycles. The maximum absolute atomic E-state index is 12.0. The number of methoxy groups -OCH3 is 1. The largest absolute Gasteiger partial charge is 0.490 e. The minimum atomic E-state index is -0.404. The van der Waals surface area contributed by atoms with E-state index in [2.05, 4.69) is 13.8 Å². The summed E-state index contributed by atoms with van der Waals surface area (Å²) in [5, 5.41) is 11.3. The number of benzene rings is 1. The molecule has 1 aliphatic carbocycles. The number of hydrogen-bond acceptors (Lipinski definition) is 5. The van der Waals surface area contributed by atoms with E-state index >= 15 is 0 Å². The zero-order valence-corrected chi connectivity index (χ0v) is 15.1. The van der Waals surface area contributed by atoms with E-state index in [1.807, 2.05) is 19.0 Å². The van der Waals surface area contributed by atoms with Crippen LogP contribution in [0.25, 0.3) is 0 Å². The second-order valence-electron chi connectivity index (χ2n) is 7.47. The molecule has 24 heavy (non-hydrogen) atoms. The van der Waals surface area contributed by atoms with Crippen molar-refractivity contribution in [3.63, 3.8) is 0 Å². The van der Waals surface area contributed by atoms with Crippen LogP contribution in [-0.4, -0.2) is 43.4 Å². The third-order valence-electron chi connectivity index (χ3n) is 4.74. The lowest BCUT2D eigenvalue weighted by molar-refractivity contribution is -0.385. The zero-order valence-electron chi connectivity index (χ0n) is 15.1. The first-order valence-electron chi connectivity index (χ1n) is 8.19. The standard InChI is InChI=1S/C18H26N2O4/c1-18(2)10-12(6-7-13(21)11-19(3)4)14-8-16(20(22)23)17(24-5)9-15(14)18/h8-9,12H,6-7,10-11H2,1-5H3. The number of nitrogens with zero attached hydrogens (tertiary/aromatic N) is 2. The molecule has 132 valence electrons. The summed E-state index contributed by atoms with van der Waals surface area (Å²) in [4.78, 5) is 24.8. The molecule has 2 rings (SSSR count). The Morgan fingerprint density at radius 2 is 2.08 bits per heavy atom. The molecule has 1 atom stereocenters. The number of hydrogen-bond donors (Lipinski definition) is 0. The summed E-state index contributed by atoms with van der Waals surface area (Å²) < 4.78 is 5.20. The minimum Gasteiger partial charge on any atom is -0.490 e. The average molecular weight is 334 g/mol. The van der Waals surface area contributed by atoms with Crippen molar-refractivity contribution in [2.24, 2.45) is 0 Å². The van der Waals surface area contributed by atoms with E-state index in [0.29, 0.717) is 18.7 Å². The number of fused-ring (bicyclic) bond motifs is 1. The summed E-state index contributed by atoms with van der Waals surface area (Å²) in [5.74, 6) is 0.677. The molecule has 0 bridgehead atoms. The van der Waals surface area contributed by atoms with Gasteiger partial charge in [-0.15, -0.1) is 0 Å². The molecule has 0 heterocycles. The van der Waals surface area contributed by atoms with Crippen LogP contribution in [0.5, 0.6) is 5.75 Å². The fourth-order valence-corrected chi connectivity index (χ4v) is 3.68. The first-order chi connectivity index (χ1) is 11.2. The second-order valence-corrected chi connectivity index (χ2v) is 7.47. The molecule has 0 saturated heterocycles. The first-order valence-corrected chi connectivity index (χ1v) is 8.19. The highest BCUT2D eigenvalue weighted by molar-refractivity contribution is 5.80. The molecule has 0 saturated carbocycles. The number of rotatable bonds is 7. The number of ketones is 1. The Hall–Kier alpha value is -1.95. The molecule has 0 N–H and O–H groups in total. The lowest BCUT2D eigenvalue weighted by Gasteiger charge is -2.19. The van der Waals surface area contributed by atoms with Crippen molar-refractivity contribution in [1.82, 2.24) is 4.90 Å². The molecule has 6 heteroatoms. The molecule has 1 aliphatic rings. The summed E-state index contributed by atoms with van der Waals surface area (Å²) in [5.41, 5.74) is 2.01. The van der Waals surface area contributed by atoms with Gasteiger partial charge in [-0.3, -0.25) is 14.9 Å². The van der Waals surface area contributed by atoms with E-state index in [9.17, 15) is 14.9 Å². The highest BCUT2D eigenvalue weighted by Crippen LogP contribution is 2.50. The Kier molecular flexibility index (Phi) is 5.28. The van der Waals surface area contributed by atoms with E-state index in [-0.39, 0.29) is 22.8 Å². The van der Waals surface area contributed by atoms with Crippen LogP contribution < -0.4 is 4.74 Å². The molecule has 0 amide bonds. The number of Topliss-reactive ketones (excluding diaryl/α,β-unsaturated/α-hetero) is 1. The quantitative estimate of drug-likeness (QED) is 0.565. The maximum Gasteiger partial charge on any atom is 0.311 e. The predicted molar refractivity (Wildman–Crippen MR) is 92.8 cm³/mol. The monoisotopic (exact) mass is 334 g/mol. The molecule has 0 aliphatic heterocycles. The molecule has 1 aromatic carbocycles. The Morgan fingerprint density at radius 1 is 1.42 bits per heavy atom. The van der Waals surface area contributed by atoms with E-state index in [0.717, 1.165) is 24.0 Å². The molecular weight excluding hydrogens is 308 g/mol. The number of nitro benzene ring substituents is 1. The smallest absolute Gasteiger partial charge is 0.311 e. The number of nitro groups is 1. The van der Waals surface area contributed by atoms with Crippen LogP contribution in [-0.2, 0) is 10.2 Å². The lowest BCUT2D eigenvalue weighted by atomic mass is 9.85. The third kappa shape index (κ3) is 3.75. The summed E-state index contributed by atoms with van der Waals surface area (Å²) >= 11 is 0. The van der Waals surface area contributed by atoms with Gasteiger partial charge in [-0.2, -0.15) is 0 Å². The van der Waals surface area contributed by atoms with Gasteiger partial charge in [0.15, 0.2) is 5.75 Å². The van der Waals surface area contributed by atoms with Gasteiger partial charge in [-0.1, -0.05) is 13.8 Å². The fourth-order valence-electron chi connectivity index (χ4n) is 3.68. The summed E-state index contributed by atoms with van der Waals surface area (Å²) in [7, 11) is 5.21. The summed E-state index contributed by atoms with van der Waals surface area (Å²) in [6.07, 6.45) is 2.12. The normalized spacial score (nSPS) is 18.5. The van der Waals surface area contributed by atoms with Crippen molar-refractivity contribution in [3.8, 4) is 5.75 Å². The van der Waals surface area contributed by atoms with Gasteiger partial charge in [0.2, 0.25) is 0 Å². The van der Waals surface area contributed by atoms with Crippen molar-refractivity contribution < 1.29 is 14.5 Å². The van der Waals surface area contributed by atoms with E-state index in [4.69, 9.17) is 4.74 Å². The van der Waals surface area contributed by atoms with Gasteiger partial charge < -0.3 is 9.64 Å². The van der Waals surface area contributed by atoms with Crippen LogP contribution in [0, 0.1) is 10.1 Å². The highest BCUT2D eigenvalue weighted by atomic mass is 16.6. The Bertz CT molecular complexity index is 653. The number of ether oxygens (including phenoxy) is 1. The third-order valence-corrected chi connectivity index (χ3v) is 4.74. The molecular formula is C18H26N2O4. The zero-order chi connectivity index (χ0) is 18.1. The molecule has 1 unspecified atom stereocenters. The summed E-state index contributed by atoms with van der Waals surface area (Å²) in [6.45, 7) is 4.71. The number of likely N-dealkylation sites (N-methyl/N-ethyl adjacent to an activating group) is 1. The molecule has 0 spiro atoms. The van der Waals surface area contributed by atoms with Crippen molar-refractivity contribution in [2.45, 2.75) is 44.4 Å². The second kappa shape index (κ2) is 6.89. The molecule has 0 fully saturated rings. The number of carbonyl (C=O) groups excluding carboxylic acids is 1. The highest BCUT2D eigenvalue weighted by Gasteiger charge is 2.39. The molecule has 6 nitrogen and oxygen atoms in total. The van der Waals surface area contributed by atoms with Gasteiger partial charge in [-0.25, -0.2) is 0 Å². The van der Waals surface area contributed by atoms with E-state index < -0.39 is 4.92 Å². The first kappa shape index (κ1) is 18.4. The van der Waals surface area contributed by atoms with Gasteiger partial charge in [0, 0.05) is 12.5 Å². The van der Waals surface area contributed by atoms with Crippen molar-refractivity contribution in [3.05, 3.63) is 33.4 Å². The van der Waals surface area contributed by atoms with Gasteiger partial charge in [0.25, 0.3) is 0 Å². The average Bonchev–Trinajstić information content (AvgIpc) is 2.73. The van der Waals surface area contributed by atoms with Gasteiger partial charge in [0.05, 0.1) is 18.6 Å².